The molecule has 2 N–H and O–H groups in total. The van der Waals surface area contributed by atoms with E-state index in [-0.39, 0.29) is 5.69 Å². The molecule has 1 atom stereocenters. The van der Waals surface area contributed by atoms with E-state index < -0.39 is 0 Å². The Morgan fingerprint density at radius 1 is 1.67 bits per heavy atom. The van der Waals surface area contributed by atoms with Crippen LogP contribution in [0.15, 0.2) is 9.95 Å². The maximum Gasteiger partial charge on any atom is 0.343 e. The van der Waals surface area contributed by atoms with Crippen LogP contribution < -0.4 is 11.0 Å². The Kier molecular flexibility index (Phi) is 4.90. The van der Waals surface area contributed by atoms with Gasteiger partial charge in [-0.15, -0.1) is 5.10 Å². The number of nitrogens with one attached hydrogen (secondary N) is 2. The van der Waals surface area contributed by atoms with Crippen molar-refractivity contribution >= 4 is 11.8 Å². The number of hydrogen-bond donors (Lipinski definition) is 2. The van der Waals surface area contributed by atoms with Gasteiger partial charge in [0.1, 0.15) is 0 Å². The fourth-order valence-corrected chi connectivity index (χ4v) is 2.07. The maximum absolute atomic E-state index is 11.1. The molecular weight excluding hydrogens is 212 g/mol. The van der Waals surface area contributed by atoms with Gasteiger partial charge in [-0.25, -0.2) is 9.89 Å². The van der Waals surface area contributed by atoms with Crippen molar-refractivity contribution in [2.45, 2.75) is 19.0 Å². The summed E-state index contributed by atoms with van der Waals surface area (Å²) < 4.78 is 1.53. The Balaban J connectivity index is 2.37. The van der Waals surface area contributed by atoms with Crippen LogP contribution in [-0.2, 0) is 7.05 Å². The monoisotopic (exact) mass is 230 g/mol. The van der Waals surface area contributed by atoms with E-state index >= 15 is 0 Å². The average molecular weight is 230 g/mol. The highest BCUT2D eigenvalue weighted by Crippen LogP contribution is 2.15. The minimum absolute atomic E-state index is 0.156. The lowest BCUT2D eigenvalue weighted by Crippen LogP contribution is -2.22. The highest BCUT2D eigenvalue weighted by atomic mass is 32.2. The van der Waals surface area contributed by atoms with E-state index in [9.17, 15) is 4.79 Å². The summed E-state index contributed by atoms with van der Waals surface area (Å²) in [5, 5.41) is 10.4. The second kappa shape index (κ2) is 5.97. The molecule has 1 unspecified atom stereocenters. The molecule has 0 radical (unpaired) electrons. The van der Waals surface area contributed by atoms with Gasteiger partial charge in [0.15, 0.2) is 5.16 Å². The van der Waals surface area contributed by atoms with Gasteiger partial charge in [-0.1, -0.05) is 25.6 Å². The molecule has 0 aromatic carbocycles. The van der Waals surface area contributed by atoms with Crippen LogP contribution in [0.4, 0.5) is 0 Å². The van der Waals surface area contributed by atoms with Crippen molar-refractivity contribution in [2.75, 3.05) is 18.8 Å². The number of aromatic nitrogens is 3. The fourth-order valence-electron chi connectivity index (χ4n) is 1.13. The van der Waals surface area contributed by atoms with E-state index in [1.54, 1.807) is 18.8 Å². The topological polar surface area (TPSA) is 62.7 Å². The first-order chi connectivity index (χ1) is 7.15. The van der Waals surface area contributed by atoms with Gasteiger partial charge in [0.25, 0.3) is 0 Å². The van der Waals surface area contributed by atoms with Gasteiger partial charge < -0.3 is 5.32 Å². The van der Waals surface area contributed by atoms with E-state index in [4.69, 9.17) is 0 Å². The van der Waals surface area contributed by atoms with Crippen LogP contribution >= 0.6 is 11.8 Å². The molecule has 0 spiro atoms. The summed E-state index contributed by atoms with van der Waals surface area (Å²) in [6.07, 6.45) is 0. The standard InChI is InChI=1S/C9H18N4OS/c1-4-10-5-7(2)6-15-9-12-11-8(14)13(9)3/h7,10H,4-6H2,1-3H3,(H,11,14). The van der Waals surface area contributed by atoms with Gasteiger partial charge in [0, 0.05) is 12.8 Å². The SMILES string of the molecule is CCNCC(C)CSc1n[nH]c(=O)n1C. The Morgan fingerprint density at radius 2 is 2.40 bits per heavy atom. The number of rotatable bonds is 6. The first-order valence-electron chi connectivity index (χ1n) is 5.10. The van der Waals surface area contributed by atoms with Crippen LogP contribution in [0, 0.1) is 5.92 Å². The number of nitrogens with zero attached hydrogens (tertiary/aromatic N) is 2. The molecule has 1 rings (SSSR count). The lowest BCUT2D eigenvalue weighted by atomic mass is 10.2. The molecule has 0 aliphatic rings. The zero-order valence-electron chi connectivity index (χ0n) is 9.41. The molecule has 15 heavy (non-hydrogen) atoms. The van der Waals surface area contributed by atoms with E-state index in [1.165, 1.54) is 4.57 Å². The molecule has 6 heteroatoms. The van der Waals surface area contributed by atoms with Crippen molar-refractivity contribution in [3.05, 3.63) is 10.5 Å². The molecule has 0 amide bonds. The number of thioether (sulfide) groups is 1. The van der Waals surface area contributed by atoms with Gasteiger partial charge >= 0.3 is 5.69 Å². The Labute approximate surface area is 93.6 Å². The first kappa shape index (κ1) is 12.3. The minimum Gasteiger partial charge on any atom is -0.317 e. The summed E-state index contributed by atoms with van der Waals surface area (Å²) in [5.41, 5.74) is -0.156. The van der Waals surface area contributed by atoms with Gasteiger partial charge in [-0.05, 0) is 19.0 Å². The average Bonchev–Trinajstić information content (AvgIpc) is 2.54. The maximum atomic E-state index is 11.1. The van der Waals surface area contributed by atoms with Gasteiger partial charge in [-0.3, -0.25) is 4.57 Å². The Bertz CT molecular complexity index is 346. The lowest BCUT2D eigenvalue weighted by molar-refractivity contribution is 0.573. The van der Waals surface area contributed by atoms with Gasteiger partial charge in [-0.2, -0.15) is 0 Å². The molecule has 0 saturated carbocycles. The van der Waals surface area contributed by atoms with Crippen molar-refractivity contribution in [1.82, 2.24) is 20.1 Å². The largest absolute Gasteiger partial charge is 0.343 e. The molecule has 1 aromatic rings. The summed E-state index contributed by atoms with van der Waals surface area (Å²) in [4.78, 5) is 11.1. The first-order valence-corrected chi connectivity index (χ1v) is 6.08. The van der Waals surface area contributed by atoms with Crippen LogP contribution in [0.3, 0.4) is 0 Å². The second-order valence-electron chi connectivity index (χ2n) is 3.59. The highest BCUT2D eigenvalue weighted by molar-refractivity contribution is 7.99. The van der Waals surface area contributed by atoms with E-state index in [0.29, 0.717) is 5.92 Å². The summed E-state index contributed by atoms with van der Waals surface area (Å²) in [7, 11) is 1.73. The molecule has 0 fully saturated rings. The van der Waals surface area contributed by atoms with Crippen LogP contribution in [-0.4, -0.2) is 33.6 Å². The normalized spacial score (nSPS) is 13.0. The van der Waals surface area contributed by atoms with Crippen LogP contribution in [0.2, 0.25) is 0 Å². The van der Waals surface area contributed by atoms with Gasteiger partial charge in [0.05, 0.1) is 0 Å². The number of H-pyrrole nitrogens is 1. The van der Waals surface area contributed by atoms with Crippen molar-refractivity contribution in [3.63, 3.8) is 0 Å². The van der Waals surface area contributed by atoms with Gasteiger partial charge in [0.2, 0.25) is 0 Å². The summed E-state index contributed by atoms with van der Waals surface area (Å²) in [6, 6.07) is 0. The third kappa shape index (κ3) is 3.71. The highest BCUT2D eigenvalue weighted by Gasteiger charge is 2.07. The zero-order chi connectivity index (χ0) is 11.3. The molecule has 1 heterocycles. The predicted octanol–water partition coefficient (Wildman–Crippen LogP) is 0.446. The molecule has 0 saturated heterocycles. The third-order valence-corrected chi connectivity index (χ3v) is 3.44. The van der Waals surface area contributed by atoms with E-state index in [2.05, 4.69) is 29.4 Å². The van der Waals surface area contributed by atoms with E-state index in [0.717, 1.165) is 24.0 Å². The van der Waals surface area contributed by atoms with Crippen LogP contribution in [0.25, 0.3) is 0 Å². The quantitative estimate of drug-likeness (QED) is 0.696. The fraction of sp³-hybridized carbons (Fsp3) is 0.778. The molecule has 0 aliphatic heterocycles. The summed E-state index contributed by atoms with van der Waals surface area (Å²) in [5.74, 6) is 1.53. The Morgan fingerprint density at radius 3 is 2.93 bits per heavy atom. The molecule has 0 aliphatic carbocycles. The lowest BCUT2D eigenvalue weighted by Gasteiger charge is -2.10. The number of hydrogen-bond acceptors (Lipinski definition) is 4. The van der Waals surface area contributed by atoms with E-state index in [1.807, 2.05) is 0 Å². The molecule has 0 bridgehead atoms. The summed E-state index contributed by atoms with van der Waals surface area (Å²) >= 11 is 1.61. The minimum atomic E-state index is -0.156. The Hall–Kier alpha value is -0.750. The summed E-state index contributed by atoms with van der Waals surface area (Å²) in [6.45, 7) is 6.27. The second-order valence-corrected chi connectivity index (χ2v) is 4.58. The van der Waals surface area contributed by atoms with Crippen LogP contribution in [0.1, 0.15) is 13.8 Å². The molecule has 1 aromatic heterocycles. The van der Waals surface area contributed by atoms with Crippen molar-refractivity contribution in [1.29, 1.82) is 0 Å². The van der Waals surface area contributed by atoms with Crippen molar-refractivity contribution < 1.29 is 0 Å². The molecule has 86 valence electrons. The molecule has 5 nitrogen and oxygen atoms in total. The smallest absolute Gasteiger partial charge is 0.317 e. The third-order valence-electron chi connectivity index (χ3n) is 2.08. The van der Waals surface area contributed by atoms with Crippen LogP contribution in [0.5, 0.6) is 0 Å². The molecular formula is C9H18N4OS. The van der Waals surface area contributed by atoms with Crippen molar-refractivity contribution in [3.8, 4) is 0 Å². The number of aromatic amines is 1. The zero-order valence-corrected chi connectivity index (χ0v) is 10.2. The van der Waals surface area contributed by atoms with Crippen molar-refractivity contribution in [2.24, 2.45) is 13.0 Å². The predicted molar refractivity (Wildman–Crippen MR) is 62.3 cm³/mol.